The fourth-order valence-corrected chi connectivity index (χ4v) is 3.00. The first-order chi connectivity index (χ1) is 8.56. The molecule has 0 bridgehead atoms. The average molecular weight is 327 g/mol. The van der Waals surface area contributed by atoms with Crippen LogP contribution in [-0.2, 0) is 6.54 Å². The van der Waals surface area contributed by atoms with Crippen LogP contribution in [0.5, 0.6) is 0 Å². The van der Waals surface area contributed by atoms with E-state index in [-0.39, 0.29) is 10.6 Å². The Balaban J connectivity index is 2.17. The lowest BCUT2D eigenvalue weighted by molar-refractivity contribution is -0.384. The molecule has 0 saturated heterocycles. The van der Waals surface area contributed by atoms with Crippen molar-refractivity contribution in [2.75, 3.05) is 5.32 Å². The van der Waals surface area contributed by atoms with Crippen LogP contribution < -0.4 is 5.32 Å². The number of hydrogen-bond donors (Lipinski definition) is 1. The van der Waals surface area contributed by atoms with Crippen molar-refractivity contribution in [1.29, 1.82) is 0 Å². The molecule has 1 aromatic carbocycles. The van der Waals surface area contributed by atoms with Gasteiger partial charge in [0.05, 0.1) is 8.71 Å². The van der Waals surface area contributed by atoms with E-state index in [1.165, 1.54) is 6.07 Å². The Morgan fingerprint density at radius 2 is 2.17 bits per heavy atom. The van der Waals surface area contributed by atoms with Crippen LogP contribution in [0.2, 0.25) is 0 Å². The van der Waals surface area contributed by atoms with Gasteiger partial charge in [0.15, 0.2) is 0 Å². The summed E-state index contributed by atoms with van der Waals surface area (Å²) in [5.41, 5.74) is 1.66. The minimum Gasteiger partial charge on any atom is -0.375 e. The van der Waals surface area contributed by atoms with Crippen molar-refractivity contribution in [3.8, 4) is 0 Å². The average Bonchev–Trinajstić information content (AvgIpc) is 2.72. The van der Waals surface area contributed by atoms with Crippen molar-refractivity contribution >= 4 is 38.6 Å². The second-order valence-electron chi connectivity index (χ2n) is 3.84. The highest BCUT2D eigenvalue weighted by molar-refractivity contribution is 9.11. The van der Waals surface area contributed by atoms with Crippen molar-refractivity contribution in [3.05, 3.63) is 54.7 Å². The second-order valence-corrected chi connectivity index (χ2v) is 6.38. The monoisotopic (exact) mass is 326 g/mol. The number of nitro benzene ring substituents is 1. The van der Waals surface area contributed by atoms with E-state index in [2.05, 4.69) is 21.2 Å². The highest BCUT2D eigenvalue weighted by Gasteiger charge is 2.13. The van der Waals surface area contributed by atoms with Crippen molar-refractivity contribution < 1.29 is 4.92 Å². The Bertz CT molecular complexity index is 583. The Labute approximate surface area is 117 Å². The lowest BCUT2D eigenvalue weighted by Gasteiger charge is -2.06. The van der Waals surface area contributed by atoms with Gasteiger partial charge in [-0.2, -0.15) is 0 Å². The maximum absolute atomic E-state index is 10.9. The molecule has 0 amide bonds. The van der Waals surface area contributed by atoms with Gasteiger partial charge in [-0.1, -0.05) is 6.07 Å². The van der Waals surface area contributed by atoms with Crippen molar-refractivity contribution in [3.63, 3.8) is 0 Å². The van der Waals surface area contributed by atoms with Gasteiger partial charge in [-0.05, 0) is 46.6 Å². The molecule has 0 aliphatic heterocycles. The van der Waals surface area contributed by atoms with Gasteiger partial charge in [0.2, 0.25) is 0 Å². The normalized spacial score (nSPS) is 10.3. The van der Waals surface area contributed by atoms with Gasteiger partial charge in [-0.3, -0.25) is 10.1 Å². The van der Waals surface area contributed by atoms with E-state index in [0.29, 0.717) is 12.2 Å². The van der Waals surface area contributed by atoms with Crippen LogP contribution in [0.1, 0.15) is 10.4 Å². The fourth-order valence-electron chi connectivity index (χ4n) is 1.58. The summed E-state index contributed by atoms with van der Waals surface area (Å²) in [6, 6.07) is 9.02. The van der Waals surface area contributed by atoms with Crippen LogP contribution in [0, 0.1) is 17.0 Å². The molecule has 0 aliphatic carbocycles. The topological polar surface area (TPSA) is 55.2 Å². The molecule has 2 rings (SSSR count). The van der Waals surface area contributed by atoms with E-state index in [4.69, 9.17) is 0 Å². The molecule has 94 valence electrons. The van der Waals surface area contributed by atoms with E-state index in [1.54, 1.807) is 23.5 Å². The molecule has 0 aliphatic rings. The molecule has 0 spiro atoms. The second kappa shape index (κ2) is 5.49. The smallest absolute Gasteiger partial charge is 0.292 e. The first-order valence-corrected chi connectivity index (χ1v) is 6.90. The zero-order valence-electron chi connectivity index (χ0n) is 9.64. The zero-order chi connectivity index (χ0) is 13.1. The quantitative estimate of drug-likeness (QED) is 0.671. The minimum atomic E-state index is -0.369. The third-order valence-corrected chi connectivity index (χ3v) is 4.05. The molecule has 1 aromatic heterocycles. The number of benzene rings is 1. The van der Waals surface area contributed by atoms with Crippen LogP contribution in [0.3, 0.4) is 0 Å². The first-order valence-electron chi connectivity index (χ1n) is 5.29. The zero-order valence-corrected chi connectivity index (χ0v) is 12.0. The Kier molecular flexibility index (Phi) is 3.98. The summed E-state index contributed by atoms with van der Waals surface area (Å²) in [7, 11) is 0. The molecule has 18 heavy (non-hydrogen) atoms. The van der Waals surface area contributed by atoms with Gasteiger partial charge in [-0.25, -0.2) is 0 Å². The summed E-state index contributed by atoms with van der Waals surface area (Å²) in [4.78, 5) is 11.7. The molecular weight excluding hydrogens is 316 g/mol. The molecule has 1 heterocycles. The standard InChI is InChI=1S/C12H11BrN2O2S/c1-8-2-4-11(15(16)17)10(6-8)14-7-9-3-5-12(13)18-9/h2-6,14H,7H2,1H3. The number of rotatable bonds is 4. The van der Waals surface area contributed by atoms with Crippen LogP contribution >= 0.6 is 27.3 Å². The fraction of sp³-hybridized carbons (Fsp3) is 0.167. The molecule has 1 N–H and O–H groups in total. The van der Waals surface area contributed by atoms with Gasteiger partial charge < -0.3 is 5.32 Å². The van der Waals surface area contributed by atoms with Crippen LogP contribution in [-0.4, -0.2) is 4.92 Å². The lowest BCUT2D eigenvalue weighted by Crippen LogP contribution is -2.01. The summed E-state index contributed by atoms with van der Waals surface area (Å²) in [5.74, 6) is 0. The minimum absolute atomic E-state index is 0.108. The van der Waals surface area contributed by atoms with Crippen molar-refractivity contribution in [2.45, 2.75) is 13.5 Å². The summed E-state index contributed by atoms with van der Waals surface area (Å²) < 4.78 is 1.05. The van der Waals surface area contributed by atoms with E-state index >= 15 is 0 Å². The largest absolute Gasteiger partial charge is 0.375 e. The number of halogens is 1. The molecule has 0 unspecified atom stereocenters. The summed E-state index contributed by atoms with van der Waals surface area (Å²) in [5, 5.41) is 14.0. The van der Waals surface area contributed by atoms with E-state index in [1.807, 2.05) is 19.1 Å². The maximum Gasteiger partial charge on any atom is 0.292 e. The predicted molar refractivity (Wildman–Crippen MR) is 77.2 cm³/mol. The molecule has 0 fully saturated rings. The molecular formula is C12H11BrN2O2S. The number of nitrogens with zero attached hydrogens (tertiary/aromatic N) is 1. The number of anilines is 1. The Morgan fingerprint density at radius 3 is 2.78 bits per heavy atom. The van der Waals surface area contributed by atoms with Gasteiger partial charge in [-0.15, -0.1) is 11.3 Å². The highest BCUT2D eigenvalue weighted by Crippen LogP contribution is 2.27. The Morgan fingerprint density at radius 1 is 1.39 bits per heavy atom. The lowest BCUT2D eigenvalue weighted by atomic mass is 10.2. The maximum atomic E-state index is 10.9. The van der Waals surface area contributed by atoms with Gasteiger partial charge >= 0.3 is 0 Å². The van der Waals surface area contributed by atoms with Crippen LogP contribution in [0.4, 0.5) is 11.4 Å². The SMILES string of the molecule is Cc1ccc([N+](=O)[O-])c(NCc2ccc(Br)s2)c1. The highest BCUT2D eigenvalue weighted by atomic mass is 79.9. The number of hydrogen-bond acceptors (Lipinski definition) is 4. The number of thiophene rings is 1. The first kappa shape index (κ1) is 13.0. The van der Waals surface area contributed by atoms with Crippen molar-refractivity contribution in [2.24, 2.45) is 0 Å². The van der Waals surface area contributed by atoms with E-state index < -0.39 is 0 Å². The van der Waals surface area contributed by atoms with Crippen LogP contribution in [0.25, 0.3) is 0 Å². The number of aryl methyl sites for hydroxylation is 1. The predicted octanol–water partition coefficient (Wildman–Crippen LogP) is 4.34. The van der Waals surface area contributed by atoms with E-state index in [0.717, 1.165) is 14.2 Å². The molecule has 2 aromatic rings. The van der Waals surface area contributed by atoms with Crippen molar-refractivity contribution in [1.82, 2.24) is 0 Å². The van der Waals surface area contributed by atoms with Gasteiger partial charge in [0.1, 0.15) is 5.69 Å². The van der Waals surface area contributed by atoms with Crippen LogP contribution in [0.15, 0.2) is 34.1 Å². The summed E-state index contributed by atoms with van der Waals surface area (Å²) in [6.07, 6.45) is 0. The third-order valence-electron chi connectivity index (χ3n) is 2.43. The van der Waals surface area contributed by atoms with Gasteiger partial charge in [0, 0.05) is 17.5 Å². The summed E-state index contributed by atoms with van der Waals surface area (Å²) >= 11 is 5.00. The molecule has 6 heteroatoms. The summed E-state index contributed by atoms with van der Waals surface area (Å²) in [6.45, 7) is 2.50. The Hall–Kier alpha value is -1.40. The van der Waals surface area contributed by atoms with E-state index in [9.17, 15) is 10.1 Å². The molecule has 0 saturated carbocycles. The third kappa shape index (κ3) is 3.08. The molecule has 0 atom stereocenters. The molecule has 4 nitrogen and oxygen atoms in total. The number of nitrogens with one attached hydrogen (secondary N) is 1. The number of nitro groups is 1. The van der Waals surface area contributed by atoms with Gasteiger partial charge in [0.25, 0.3) is 5.69 Å². The molecule has 0 radical (unpaired) electrons.